The van der Waals surface area contributed by atoms with Gasteiger partial charge in [-0.25, -0.2) is 8.42 Å². The molecule has 1 aromatic rings. The van der Waals surface area contributed by atoms with Crippen molar-refractivity contribution < 1.29 is 17.9 Å². The Kier molecular flexibility index (Phi) is 7.67. The molecule has 0 aromatic heterocycles. The van der Waals surface area contributed by atoms with Crippen LogP contribution < -0.4 is 10.6 Å². The van der Waals surface area contributed by atoms with Crippen LogP contribution in [0.5, 0.6) is 0 Å². The van der Waals surface area contributed by atoms with E-state index in [1.807, 2.05) is 6.92 Å². The van der Waals surface area contributed by atoms with E-state index in [2.05, 4.69) is 10.6 Å². The maximum atomic E-state index is 13.0. The number of hydrogen-bond acceptors (Lipinski definition) is 5. The Hall–Kier alpha value is -1.48. The molecule has 2 N–H and O–H groups in total. The van der Waals surface area contributed by atoms with Crippen molar-refractivity contribution in [3.63, 3.8) is 0 Å². The molecule has 162 valence electrons. The van der Waals surface area contributed by atoms with Gasteiger partial charge in [0.25, 0.3) is 0 Å². The monoisotopic (exact) mass is 423 g/mol. The van der Waals surface area contributed by atoms with Gasteiger partial charge >= 0.3 is 0 Å². The summed E-state index contributed by atoms with van der Waals surface area (Å²) in [7, 11) is -3.61. The molecule has 0 bridgehead atoms. The molecule has 1 heterocycles. The number of morpholine rings is 1. The number of rotatable bonds is 6. The topological polar surface area (TPSA) is 87.7 Å². The zero-order valence-electron chi connectivity index (χ0n) is 17.4. The number of anilines is 1. The summed E-state index contributed by atoms with van der Waals surface area (Å²) >= 11 is 0. The highest BCUT2D eigenvalue weighted by Crippen LogP contribution is 2.24. The third kappa shape index (κ3) is 5.78. The van der Waals surface area contributed by atoms with Crippen LogP contribution in [0.2, 0.25) is 0 Å². The summed E-state index contributed by atoms with van der Waals surface area (Å²) < 4.78 is 32.7. The third-order valence-electron chi connectivity index (χ3n) is 5.78. The van der Waals surface area contributed by atoms with E-state index in [9.17, 15) is 13.2 Å². The predicted molar refractivity (Wildman–Crippen MR) is 113 cm³/mol. The van der Waals surface area contributed by atoms with Crippen LogP contribution in [0.15, 0.2) is 23.1 Å². The van der Waals surface area contributed by atoms with Crippen LogP contribution in [0.3, 0.4) is 0 Å². The molecule has 0 unspecified atom stereocenters. The van der Waals surface area contributed by atoms with E-state index in [1.54, 1.807) is 25.1 Å². The van der Waals surface area contributed by atoms with Crippen molar-refractivity contribution in [2.24, 2.45) is 0 Å². The lowest BCUT2D eigenvalue weighted by Gasteiger charge is -2.27. The van der Waals surface area contributed by atoms with Crippen LogP contribution in [-0.2, 0) is 19.6 Å². The van der Waals surface area contributed by atoms with Crippen LogP contribution in [0.25, 0.3) is 0 Å². The number of amides is 1. The molecule has 1 amide bonds. The molecule has 1 saturated heterocycles. The number of benzene rings is 1. The summed E-state index contributed by atoms with van der Waals surface area (Å²) in [6.45, 7) is 5.13. The normalized spacial score (nSPS) is 20.8. The molecule has 2 aliphatic rings. The second kappa shape index (κ2) is 10.0. The van der Waals surface area contributed by atoms with Crippen molar-refractivity contribution in [3.05, 3.63) is 23.8 Å². The summed E-state index contributed by atoms with van der Waals surface area (Å²) in [5, 5.41) is 6.31. The van der Waals surface area contributed by atoms with Crippen molar-refractivity contribution in [1.29, 1.82) is 0 Å². The van der Waals surface area contributed by atoms with Gasteiger partial charge in [0.15, 0.2) is 0 Å². The lowest BCUT2D eigenvalue weighted by Crippen LogP contribution is -2.43. The molecule has 0 spiro atoms. The Balaban J connectivity index is 1.67. The average Bonchev–Trinajstić information content (AvgIpc) is 2.98. The minimum atomic E-state index is -3.61. The van der Waals surface area contributed by atoms with Crippen molar-refractivity contribution >= 4 is 21.6 Å². The number of ether oxygens (including phenoxy) is 1. The maximum absolute atomic E-state index is 13.0. The van der Waals surface area contributed by atoms with Crippen molar-refractivity contribution in [2.75, 3.05) is 31.6 Å². The molecule has 3 rings (SSSR count). The predicted octanol–water partition coefficient (Wildman–Crippen LogP) is 2.66. The van der Waals surface area contributed by atoms with Crippen LogP contribution in [0, 0.1) is 6.92 Å². The number of nitrogens with one attached hydrogen (secondary N) is 2. The van der Waals surface area contributed by atoms with E-state index in [-0.39, 0.29) is 16.8 Å². The highest BCUT2D eigenvalue weighted by Gasteiger charge is 2.28. The van der Waals surface area contributed by atoms with Gasteiger partial charge in [-0.2, -0.15) is 4.31 Å². The Morgan fingerprint density at radius 1 is 1.14 bits per heavy atom. The standard InChI is InChI=1S/C21H33N3O4S/c1-16-9-10-19(15-20(16)29(26,27)24-11-13-28-14-12-24)23-21(25)17(2)22-18-7-5-3-4-6-8-18/h9-10,15,17-18,22H,3-8,11-14H2,1-2H3,(H,23,25)/t17-/m0/s1. The molecule has 1 aliphatic heterocycles. The fourth-order valence-electron chi connectivity index (χ4n) is 4.01. The fraction of sp³-hybridized carbons (Fsp3) is 0.667. The number of sulfonamides is 1. The van der Waals surface area contributed by atoms with Crippen LogP contribution in [0.1, 0.15) is 51.0 Å². The molecular weight excluding hydrogens is 390 g/mol. The molecule has 2 fully saturated rings. The van der Waals surface area contributed by atoms with Crippen LogP contribution >= 0.6 is 0 Å². The molecule has 1 aromatic carbocycles. The lowest BCUT2D eigenvalue weighted by atomic mass is 10.1. The minimum Gasteiger partial charge on any atom is -0.379 e. The van der Waals surface area contributed by atoms with Gasteiger partial charge in [-0.1, -0.05) is 31.7 Å². The van der Waals surface area contributed by atoms with Gasteiger partial charge in [0, 0.05) is 24.8 Å². The number of carbonyl (C=O) groups excluding carboxylic acids is 1. The van der Waals surface area contributed by atoms with Gasteiger partial charge in [0.1, 0.15) is 0 Å². The quantitative estimate of drug-likeness (QED) is 0.687. The third-order valence-corrected chi connectivity index (χ3v) is 7.82. The number of hydrogen-bond donors (Lipinski definition) is 2. The molecule has 0 radical (unpaired) electrons. The van der Waals surface area contributed by atoms with E-state index in [0.717, 1.165) is 12.8 Å². The summed E-state index contributed by atoms with van der Waals surface area (Å²) in [5.74, 6) is -0.146. The molecule has 1 saturated carbocycles. The summed E-state index contributed by atoms with van der Waals surface area (Å²) in [6, 6.07) is 5.10. The zero-order valence-corrected chi connectivity index (χ0v) is 18.3. The van der Waals surface area contributed by atoms with Crippen molar-refractivity contribution in [2.45, 2.75) is 69.4 Å². The molecular formula is C21H33N3O4S. The first-order valence-electron chi connectivity index (χ1n) is 10.6. The Morgan fingerprint density at radius 3 is 2.45 bits per heavy atom. The largest absolute Gasteiger partial charge is 0.379 e. The lowest BCUT2D eigenvalue weighted by molar-refractivity contribution is -0.118. The Labute approximate surface area is 174 Å². The number of aryl methyl sites for hydroxylation is 1. The highest BCUT2D eigenvalue weighted by atomic mass is 32.2. The van der Waals surface area contributed by atoms with E-state index in [1.165, 1.54) is 30.0 Å². The van der Waals surface area contributed by atoms with Crippen molar-refractivity contribution in [1.82, 2.24) is 9.62 Å². The average molecular weight is 424 g/mol. The van der Waals surface area contributed by atoms with E-state index in [0.29, 0.717) is 43.6 Å². The number of carbonyl (C=O) groups is 1. The van der Waals surface area contributed by atoms with Gasteiger partial charge in [-0.3, -0.25) is 4.79 Å². The van der Waals surface area contributed by atoms with Gasteiger partial charge in [0.05, 0.1) is 24.2 Å². The highest BCUT2D eigenvalue weighted by molar-refractivity contribution is 7.89. The SMILES string of the molecule is Cc1ccc(NC(=O)[C@H](C)NC2CCCCCC2)cc1S(=O)(=O)N1CCOCC1. The van der Waals surface area contributed by atoms with Crippen molar-refractivity contribution in [3.8, 4) is 0 Å². The number of nitrogens with zero attached hydrogens (tertiary/aromatic N) is 1. The van der Waals surface area contributed by atoms with Crippen LogP contribution in [0.4, 0.5) is 5.69 Å². The first-order valence-corrected chi connectivity index (χ1v) is 12.1. The van der Waals surface area contributed by atoms with E-state index in [4.69, 9.17) is 4.74 Å². The second-order valence-electron chi connectivity index (χ2n) is 8.06. The van der Waals surface area contributed by atoms with Gasteiger partial charge < -0.3 is 15.4 Å². The van der Waals surface area contributed by atoms with E-state index >= 15 is 0 Å². The molecule has 29 heavy (non-hydrogen) atoms. The van der Waals surface area contributed by atoms with Crippen LogP contribution in [-0.4, -0.2) is 57.0 Å². The molecule has 7 nitrogen and oxygen atoms in total. The first kappa shape index (κ1) is 22.2. The summed E-state index contributed by atoms with van der Waals surface area (Å²) in [4.78, 5) is 12.9. The smallest absolute Gasteiger partial charge is 0.243 e. The molecule has 1 atom stereocenters. The van der Waals surface area contributed by atoms with E-state index < -0.39 is 10.0 Å². The zero-order chi connectivity index (χ0) is 20.9. The second-order valence-corrected chi connectivity index (χ2v) is 9.97. The first-order chi connectivity index (χ1) is 13.9. The molecule has 8 heteroatoms. The summed E-state index contributed by atoms with van der Waals surface area (Å²) in [5.41, 5.74) is 1.17. The van der Waals surface area contributed by atoms with Gasteiger partial charge in [-0.05, 0) is 44.4 Å². The van der Waals surface area contributed by atoms with Gasteiger partial charge in [-0.15, -0.1) is 0 Å². The maximum Gasteiger partial charge on any atom is 0.243 e. The minimum absolute atomic E-state index is 0.146. The van der Waals surface area contributed by atoms with Gasteiger partial charge in [0.2, 0.25) is 15.9 Å². The fourth-order valence-corrected chi connectivity index (χ4v) is 5.67. The Morgan fingerprint density at radius 2 is 1.79 bits per heavy atom. The molecule has 1 aliphatic carbocycles. The Bertz CT molecular complexity index is 798. The summed E-state index contributed by atoms with van der Waals surface area (Å²) in [6.07, 6.45) is 7.14.